The van der Waals surface area contributed by atoms with Crippen LogP contribution in [0.3, 0.4) is 0 Å². The monoisotopic (exact) mass is 914 g/mol. The Labute approximate surface area is 390 Å². The maximum atomic E-state index is 15.0. The molecular weight excluding hydrogens is 857 g/mol. The number of nitro benzene ring substituents is 1. The van der Waals surface area contributed by atoms with Crippen molar-refractivity contribution in [2.24, 2.45) is 22.9 Å². The van der Waals surface area contributed by atoms with E-state index in [1.54, 1.807) is 54.2 Å². The molecule has 2 aliphatic carbocycles. The summed E-state index contributed by atoms with van der Waals surface area (Å²) in [7, 11) is 0. The Morgan fingerprint density at radius 3 is 2.38 bits per heavy atom. The molecule has 4 aromatic rings. The van der Waals surface area contributed by atoms with Gasteiger partial charge >= 0.3 is 0 Å². The highest BCUT2D eigenvalue weighted by Crippen LogP contribution is 2.62. The number of allylic oxidation sites excluding steroid dienone is 1. The number of hydrogen-bond donors (Lipinski definition) is 2. The van der Waals surface area contributed by atoms with Crippen LogP contribution >= 0.6 is 11.8 Å². The number of fused-ring (bicyclic) bond motifs is 2. The predicted molar refractivity (Wildman–Crippen MR) is 254 cm³/mol. The smallest absolute Gasteiger partial charge is 0.269 e. The second kappa shape index (κ2) is 22.5. The maximum Gasteiger partial charge on any atom is 0.269 e. The molecule has 13 nitrogen and oxygen atoms in total. The molecule has 346 valence electrons. The molecule has 1 heterocycles. The van der Waals surface area contributed by atoms with Crippen LogP contribution in [-0.4, -0.2) is 76.1 Å². The van der Waals surface area contributed by atoms with Crippen LogP contribution in [0.4, 0.5) is 5.69 Å². The first-order valence-electron chi connectivity index (χ1n) is 22.7. The summed E-state index contributed by atoms with van der Waals surface area (Å²) in [6.07, 6.45) is 11.2. The largest absolute Gasteiger partial charge is 0.459 e. The molecule has 0 unspecified atom stereocenters. The van der Waals surface area contributed by atoms with E-state index in [1.165, 1.54) is 12.1 Å². The summed E-state index contributed by atoms with van der Waals surface area (Å²) >= 11 is 1.65. The second-order valence-electron chi connectivity index (χ2n) is 16.9. The number of unbranched alkanes of at least 4 members (excludes halogenated alkanes) is 2. The van der Waals surface area contributed by atoms with Crippen LogP contribution in [0.15, 0.2) is 125 Å². The lowest BCUT2D eigenvalue weighted by molar-refractivity contribution is -0.384. The first-order chi connectivity index (χ1) is 32.2. The van der Waals surface area contributed by atoms with Crippen molar-refractivity contribution in [2.75, 3.05) is 32.6 Å². The van der Waals surface area contributed by atoms with Crippen LogP contribution in [0, 0.1) is 39.2 Å². The molecule has 1 amide bonds. The molecule has 0 spiro atoms. The van der Waals surface area contributed by atoms with Crippen molar-refractivity contribution >= 4 is 29.1 Å². The number of oxime groups is 1. The highest BCUT2D eigenvalue weighted by molar-refractivity contribution is 7.98. The molecule has 0 bridgehead atoms. The molecule has 6 atom stereocenters. The average molecular weight is 915 g/mol. The van der Waals surface area contributed by atoms with Crippen LogP contribution in [0.5, 0.6) is 17.2 Å². The van der Waals surface area contributed by atoms with Crippen molar-refractivity contribution in [3.63, 3.8) is 0 Å². The summed E-state index contributed by atoms with van der Waals surface area (Å²) in [6, 6.07) is 28.0. The summed E-state index contributed by atoms with van der Waals surface area (Å²) in [6.45, 7) is 6.67. The number of non-ortho nitro benzene ring substituents is 1. The van der Waals surface area contributed by atoms with Crippen LogP contribution in [-0.2, 0) is 16.2 Å². The molecule has 3 aliphatic rings. The van der Waals surface area contributed by atoms with E-state index in [0.29, 0.717) is 65.5 Å². The van der Waals surface area contributed by atoms with Crippen molar-refractivity contribution < 1.29 is 39.0 Å². The Kier molecular flexibility index (Phi) is 16.3. The van der Waals surface area contributed by atoms with Crippen LogP contribution in [0.25, 0.3) is 0 Å². The van der Waals surface area contributed by atoms with E-state index in [0.717, 1.165) is 41.7 Å². The molecule has 0 aromatic heterocycles. The van der Waals surface area contributed by atoms with Crippen LogP contribution in [0.1, 0.15) is 91.3 Å². The lowest BCUT2D eigenvalue weighted by atomic mass is 9.55. The van der Waals surface area contributed by atoms with Gasteiger partial charge in [0.2, 0.25) is 5.79 Å². The van der Waals surface area contributed by atoms with Gasteiger partial charge in [-0.2, -0.15) is 5.26 Å². The number of rotatable bonds is 22. The number of ether oxygens (including phenoxy) is 3. The molecule has 1 aliphatic heterocycles. The Balaban J connectivity index is 1.43. The normalized spacial score (nSPS) is 22.2. The van der Waals surface area contributed by atoms with E-state index < -0.39 is 22.7 Å². The fourth-order valence-corrected chi connectivity index (χ4v) is 10.3. The third-order valence-electron chi connectivity index (χ3n) is 12.9. The fraction of sp³-hybridized carbons (Fsp3) is 0.404. The number of thioether (sulfide) groups is 1. The third kappa shape index (κ3) is 10.5. The number of benzene rings is 4. The topological polar surface area (TPSA) is 177 Å². The van der Waals surface area contributed by atoms with Crippen molar-refractivity contribution in [3.05, 3.63) is 148 Å². The van der Waals surface area contributed by atoms with Crippen molar-refractivity contribution in [2.45, 2.75) is 87.5 Å². The SMILES string of the molecule is C=CCO[C@@]12Oc3ccc(Oc4ccc(SC)cc4)cc3[C@H]3[C@H](CCCCO)[C@@H](CCCCO)C=C(C(=NOCc4ccc([N+](=O)[O-])cc4)C[C@@H]1N(CCC)C(=O)c1ccc(C#N)cc1)[C@H]32. The molecule has 0 saturated heterocycles. The minimum absolute atomic E-state index is 0.00402. The lowest BCUT2D eigenvalue weighted by Gasteiger charge is -2.60. The average Bonchev–Trinajstić information content (AvgIpc) is 3.34. The minimum atomic E-state index is -1.46. The Morgan fingerprint density at radius 2 is 1.73 bits per heavy atom. The molecule has 66 heavy (non-hydrogen) atoms. The number of nitriles is 1. The number of aliphatic hydroxyl groups excluding tert-OH is 2. The number of amides is 1. The van der Waals surface area contributed by atoms with Gasteiger partial charge in [-0.25, -0.2) is 0 Å². The van der Waals surface area contributed by atoms with Gasteiger partial charge in [0.25, 0.3) is 11.6 Å². The van der Waals surface area contributed by atoms with Gasteiger partial charge in [0.15, 0.2) is 0 Å². The number of carbonyl (C=O) groups excluding carboxylic acids is 1. The molecular formula is C52H58N4O9S. The number of carbonyl (C=O) groups is 1. The highest BCUT2D eigenvalue weighted by Gasteiger charge is 2.65. The number of nitro groups is 1. The van der Waals surface area contributed by atoms with Gasteiger partial charge in [0, 0.05) is 60.3 Å². The second-order valence-corrected chi connectivity index (χ2v) is 17.8. The summed E-state index contributed by atoms with van der Waals surface area (Å²) < 4.78 is 21.0. The summed E-state index contributed by atoms with van der Waals surface area (Å²) in [4.78, 5) is 35.1. The number of hydrogen-bond acceptors (Lipinski definition) is 12. The van der Waals surface area contributed by atoms with Gasteiger partial charge in [-0.1, -0.05) is 37.1 Å². The molecule has 1 saturated carbocycles. The highest BCUT2D eigenvalue weighted by atomic mass is 32.2. The number of nitrogens with zero attached hydrogens (tertiary/aromatic N) is 4. The quantitative estimate of drug-likeness (QED) is 0.0252. The van der Waals surface area contributed by atoms with Crippen molar-refractivity contribution in [3.8, 4) is 23.3 Å². The summed E-state index contributed by atoms with van der Waals surface area (Å²) in [5.41, 5.74) is 3.93. The zero-order valence-corrected chi connectivity index (χ0v) is 38.4. The van der Waals surface area contributed by atoms with E-state index in [1.807, 2.05) is 54.5 Å². The molecule has 2 N–H and O–H groups in total. The molecule has 4 aromatic carbocycles. The Morgan fingerprint density at radius 1 is 1.02 bits per heavy atom. The standard InChI is InChI=1S/C52H58N4O9S/c1-4-26-55(51(59)37-16-12-35(33-53)13-17-37)48-32-46(54-63-34-36-14-18-39(19-15-36)56(60)61)44-30-38(10-6-8-27-57)43(11-7-9-28-58)49-45-31-41(64-40-20-23-42(66-3)24-21-40)22-25-47(45)65-52(48,50(44)49)62-29-5-2/h5,12-25,30-31,38,43,48-50,57-58H,2,4,6-11,26-29,32,34H2,1,3H3/t38-,43+,48-,49+,50+,52+/m0/s1. The Bertz CT molecular complexity index is 2420. The van der Waals surface area contributed by atoms with Gasteiger partial charge < -0.3 is 34.2 Å². The van der Waals surface area contributed by atoms with Crippen LogP contribution in [0.2, 0.25) is 0 Å². The van der Waals surface area contributed by atoms with E-state index in [-0.39, 0.29) is 62.2 Å². The predicted octanol–water partition coefficient (Wildman–Crippen LogP) is 10.4. The third-order valence-corrected chi connectivity index (χ3v) is 13.6. The first-order valence-corrected chi connectivity index (χ1v) is 24.0. The molecule has 14 heteroatoms. The number of aliphatic hydroxyl groups is 2. The van der Waals surface area contributed by atoms with Crippen molar-refractivity contribution in [1.82, 2.24) is 4.90 Å². The minimum Gasteiger partial charge on any atom is -0.459 e. The zero-order valence-electron chi connectivity index (χ0n) is 37.6. The van der Waals surface area contributed by atoms with Gasteiger partial charge in [0.05, 0.1) is 34.8 Å². The fourth-order valence-electron chi connectivity index (χ4n) is 9.88. The van der Waals surface area contributed by atoms with E-state index in [2.05, 4.69) is 24.8 Å². The van der Waals surface area contributed by atoms with E-state index in [9.17, 15) is 25.6 Å². The first kappa shape index (κ1) is 48.0. The van der Waals surface area contributed by atoms with E-state index in [4.69, 9.17) is 24.2 Å². The van der Waals surface area contributed by atoms with Crippen LogP contribution < -0.4 is 9.47 Å². The Hall–Kier alpha value is -5.98. The summed E-state index contributed by atoms with van der Waals surface area (Å²) in [5.74, 6) is -0.585. The molecule has 7 rings (SSSR count). The van der Waals surface area contributed by atoms with E-state index >= 15 is 4.79 Å². The van der Waals surface area contributed by atoms with Gasteiger partial charge in [0.1, 0.15) is 29.9 Å². The van der Waals surface area contributed by atoms with Crippen molar-refractivity contribution in [1.29, 1.82) is 5.26 Å². The van der Waals surface area contributed by atoms with Gasteiger partial charge in [-0.15, -0.1) is 18.3 Å². The maximum absolute atomic E-state index is 15.0. The zero-order chi connectivity index (χ0) is 46.6. The summed E-state index contributed by atoms with van der Waals surface area (Å²) in [5, 5.41) is 45.8. The van der Waals surface area contributed by atoms with Gasteiger partial charge in [-0.05, 0) is 140 Å². The lowest BCUT2D eigenvalue weighted by Crippen LogP contribution is -2.70. The molecule has 0 radical (unpaired) electrons. The molecule has 1 fully saturated rings. The van der Waals surface area contributed by atoms with Gasteiger partial charge in [-0.3, -0.25) is 14.9 Å².